The molecule has 0 unspecified atom stereocenters. The van der Waals surface area contributed by atoms with Gasteiger partial charge in [0, 0.05) is 18.4 Å². The average molecular weight is 272 g/mol. The lowest BCUT2D eigenvalue weighted by Crippen LogP contribution is -2.14. The zero-order chi connectivity index (χ0) is 14.5. The Hall–Kier alpha value is -2.60. The summed E-state index contributed by atoms with van der Waals surface area (Å²) in [5.41, 5.74) is 13.4. The highest BCUT2D eigenvalue weighted by Gasteiger charge is 2.09. The number of nitrogens with zero attached hydrogens (tertiary/aromatic N) is 1. The number of nitrogens with one attached hydrogen (secondary N) is 1. The molecule has 1 aromatic carbocycles. The Balaban J connectivity index is 2.34. The molecule has 2 rings (SSSR count). The minimum Gasteiger partial charge on any atom is -0.396 e. The number of hydrogen-bond acceptors (Lipinski definition) is 5. The first-order chi connectivity index (χ1) is 9.61. The zero-order valence-electron chi connectivity index (χ0n) is 11.1. The lowest BCUT2D eigenvalue weighted by molar-refractivity contribution is 0.0996. The molecule has 2 aromatic rings. The summed E-state index contributed by atoms with van der Waals surface area (Å²) in [5, 5.41) is 3.10. The largest absolute Gasteiger partial charge is 0.396 e. The van der Waals surface area contributed by atoms with Crippen molar-refractivity contribution < 1.29 is 9.53 Å². The number of carbonyl (C=O) groups excluding carboxylic acids is 1. The predicted octanol–water partition coefficient (Wildman–Crippen LogP) is 1.65. The second kappa shape index (κ2) is 6.03. The van der Waals surface area contributed by atoms with Crippen LogP contribution in [0.3, 0.4) is 0 Å². The Labute approximate surface area is 116 Å². The van der Waals surface area contributed by atoms with E-state index in [1.165, 1.54) is 6.07 Å². The van der Waals surface area contributed by atoms with Crippen molar-refractivity contribution in [2.45, 2.75) is 6.61 Å². The van der Waals surface area contributed by atoms with E-state index < -0.39 is 5.91 Å². The standard InChI is InChI=1S/C14H16N4O2/c1-20-8-9-4-2-3-5-11(9)17-14-10(15)6-7-12(18-14)13(16)19/h2-7H,8,15H2,1H3,(H2,16,19)(H,17,18). The number of nitrogens with two attached hydrogens (primary N) is 2. The topological polar surface area (TPSA) is 103 Å². The van der Waals surface area contributed by atoms with Gasteiger partial charge in [0.05, 0.1) is 12.3 Å². The number of rotatable bonds is 5. The fraction of sp³-hybridized carbons (Fsp3) is 0.143. The number of methoxy groups -OCH3 is 1. The van der Waals surface area contributed by atoms with Crippen LogP contribution in [0.1, 0.15) is 16.1 Å². The number of hydrogen-bond donors (Lipinski definition) is 3. The minimum absolute atomic E-state index is 0.158. The van der Waals surface area contributed by atoms with E-state index in [-0.39, 0.29) is 5.69 Å². The quantitative estimate of drug-likeness (QED) is 0.768. The van der Waals surface area contributed by atoms with Crippen molar-refractivity contribution in [2.24, 2.45) is 5.73 Å². The van der Waals surface area contributed by atoms with Crippen LogP contribution in [0.2, 0.25) is 0 Å². The van der Waals surface area contributed by atoms with Crippen molar-refractivity contribution in [3.8, 4) is 0 Å². The zero-order valence-corrected chi connectivity index (χ0v) is 11.1. The first kappa shape index (κ1) is 13.8. The SMILES string of the molecule is COCc1ccccc1Nc1nc(C(N)=O)ccc1N. The molecule has 0 saturated carbocycles. The number of aromatic nitrogens is 1. The summed E-state index contributed by atoms with van der Waals surface area (Å²) in [7, 11) is 1.62. The number of primary amides is 1. The first-order valence-corrected chi connectivity index (χ1v) is 6.02. The second-order valence-corrected chi connectivity index (χ2v) is 4.21. The van der Waals surface area contributed by atoms with Crippen molar-refractivity contribution >= 4 is 23.1 Å². The van der Waals surface area contributed by atoms with E-state index in [2.05, 4.69) is 10.3 Å². The Kier molecular flexibility index (Phi) is 4.17. The smallest absolute Gasteiger partial charge is 0.267 e. The van der Waals surface area contributed by atoms with E-state index in [4.69, 9.17) is 16.2 Å². The van der Waals surface area contributed by atoms with Crippen molar-refractivity contribution in [1.29, 1.82) is 0 Å². The molecule has 6 nitrogen and oxygen atoms in total. The van der Waals surface area contributed by atoms with Crippen molar-refractivity contribution in [3.63, 3.8) is 0 Å². The van der Waals surface area contributed by atoms with Gasteiger partial charge in [-0.2, -0.15) is 0 Å². The van der Waals surface area contributed by atoms with E-state index >= 15 is 0 Å². The third-order valence-corrected chi connectivity index (χ3v) is 2.75. The number of amides is 1. The van der Waals surface area contributed by atoms with Gasteiger partial charge in [0.15, 0.2) is 5.82 Å². The molecule has 0 bridgehead atoms. The van der Waals surface area contributed by atoms with Gasteiger partial charge in [0.1, 0.15) is 5.69 Å². The van der Waals surface area contributed by atoms with E-state index in [0.717, 1.165) is 11.3 Å². The molecule has 1 aromatic heterocycles. The van der Waals surface area contributed by atoms with Crippen LogP contribution in [0, 0.1) is 0 Å². The summed E-state index contributed by atoms with van der Waals surface area (Å²) in [4.78, 5) is 15.3. The highest BCUT2D eigenvalue weighted by molar-refractivity contribution is 5.92. The monoisotopic (exact) mass is 272 g/mol. The van der Waals surface area contributed by atoms with Crippen LogP contribution in [0.15, 0.2) is 36.4 Å². The lowest BCUT2D eigenvalue weighted by atomic mass is 10.2. The molecule has 0 spiro atoms. The molecule has 0 aliphatic heterocycles. The molecule has 0 atom stereocenters. The predicted molar refractivity (Wildman–Crippen MR) is 77.6 cm³/mol. The molecule has 104 valence electrons. The number of nitrogen functional groups attached to an aromatic ring is 1. The van der Waals surface area contributed by atoms with Crippen molar-refractivity contribution in [2.75, 3.05) is 18.2 Å². The highest BCUT2D eigenvalue weighted by Crippen LogP contribution is 2.24. The summed E-state index contributed by atoms with van der Waals surface area (Å²) < 4.78 is 5.13. The number of ether oxygens (including phenoxy) is 1. The molecular weight excluding hydrogens is 256 g/mol. The molecule has 20 heavy (non-hydrogen) atoms. The molecule has 0 fully saturated rings. The molecule has 0 saturated heterocycles. The van der Waals surface area contributed by atoms with Gasteiger partial charge in [-0.15, -0.1) is 0 Å². The number of anilines is 3. The van der Waals surface area contributed by atoms with Crippen molar-refractivity contribution in [3.05, 3.63) is 47.7 Å². The van der Waals surface area contributed by atoms with E-state index in [1.54, 1.807) is 13.2 Å². The summed E-state index contributed by atoms with van der Waals surface area (Å²) in [6.45, 7) is 0.457. The molecule has 1 amide bonds. The fourth-order valence-corrected chi connectivity index (χ4v) is 1.76. The van der Waals surface area contributed by atoms with Gasteiger partial charge in [-0.3, -0.25) is 4.79 Å². The van der Waals surface area contributed by atoms with Crippen LogP contribution in [0.5, 0.6) is 0 Å². The summed E-state index contributed by atoms with van der Waals surface area (Å²) >= 11 is 0. The Morgan fingerprint density at radius 1 is 1.30 bits per heavy atom. The van der Waals surface area contributed by atoms with Crippen LogP contribution in [-0.4, -0.2) is 18.0 Å². The number of benzene rings is 1. The summed E-state index contributed by atoms with van der Waals surface area (Å²) in [6.07, 6.45) is 0. The molecular formula is C14H16N4O2. The third kappa shape index (κ3) is 3.04. The highest BCUT2D eigenvalue weighted by atomic mass is 16.5. The van der Waals surface area contributed by atoms with E-state index in [0.29, 0.717) is 18.1 Å². The maximum absolute atomic E-state index is 11.2. The van der Waals surface area contributed by atoms with Crippen LogP contribution >= 0.6 is 0 Å². The Bertz CT molecular complexity index is 628. The van der Waals surface area contributed by atoms with Gasteiger partial charge < -0.3 is 21.5 Å². The number of para-hydroxylation sites is 1. The lowest BCUT2D eigenvalue weighted by Gasteiger charge is -2.13. The second-order valence-electron chi connectivity index (χ2n) is 4.21. The number of pyridine rings is 1. The van der Waals surface area contributed by atoms with Crippen LogP contribution in [-0.2, 0) is 11.3 Å². The van der Waals surface area contributed by atoms with Crippen LogP contribution < -0.4 is 16.8 Å². The maximum Gasteiger partial charge on any atom is 0.267 e. The third-order valence-electron chi connectivity index (χ3n) is 2.75. The molecule has 0 aliphatic carbocycles. The molecule has 1 heterocycles. The minimum atomic E-state index is -0.599. The van der Waals surface area contributed by atoms with Crippen LogP contribution in [0.4, 0.5) is 17.2 Å². The van der Waals surface area contributed by atoms with Gasteiger partial charge in [-0.05, 0) is 18.2 Å². The summed E-state index contributed by atoms with van der Waals surface area (Å²) in [5.74, 6) is -0.205. The van der Waals surface area contributed by atoms with Crippen molar-refractivity contribution in [1.82, 2.24) is 4.98 Å². The Morgan fingerprint density at radius 2 is 2.05 bits per heavy atom. The fourth-order valence-electron chi connectivity index (χ4n) is 1.76. The van der Waals surface area contributed by atoms with Gasteiger partial charge in [0.25, 0.3) is 5.91 Å². The van der Waals surface area contributed by atoms with Gasteiger partial charge in [0.2, 0.25) is 0 Å². The van der Waals surface area contributed by atoms with E-state index in [9.17, 15) is 4.79 Å². The Morgan fingerprint density at radius 3 is 2.75 bits per heavy atom. The van der Waals surface area contributed by atoms with E-state index in [1.807, 2.05) is 24.3 Å². The summed E-state index contributed by atoms with van der Waals surface area (Å²) in [6, 6.07) is 10.7. The molecule has 6 heteroatoms. The van der Waals surface area contributed by atoms with Gasteiger partial charge in [-0.25, -0.2) is 4.98 Å². The maximum atomic E-state index is 11.2. The van der Waals surface area contributed by atoms with Gasteiger partial charge in [-0.1, -0.05) is 18.2 Å². The normalized spacial score (nSPS) is 10.2. The average Bonchev–Trinajstić information content (AvgIpc) is 2.43. The molecule has 5 N–H and O–H groups in total. The molecule has 0 radical (unpaired) electrons. The van der Waals surface area contributed by atoms with Gasteiger partial charge >= 0.3 is 0 Å². The molecule has 0 aliphatic rings. The number of carbonyl (C=O) groups is 1. The van der Waals surface area contributed by atoms with Crippen LogP contribution in [0.25, 0.3) is 0 Å². The first-order valence-electron chi connectivity index (χ1n) is 6.02.